The molecule has 0 bridgehead atoms. The smallest absolute Gasteiger partial charge is 0.251 e. The lowest BCUT2D eigenvalue weighted by Gasteiger charge is -2.39. The monoisotopic (exact) mass is 561 g/mol. The number of aryl methyl sites for hydroxylation is 1. The van der Waals surface area contributed by atoms with Crippen LogP contribution in [0.5, 0.6) is 5.75 Å². The number of amides is 1. The van der Waals surface area contributed by atoms with E-state index < -0.39 is 6.67 Å². The van der Waals surface area contributed by atoms with Gasteiger partial charge in [-0.05, 0) is 68.0 Å². The topological polar surface area (TPSA) is 79.8 Å². The number of carbonyl (C=O) groups is 1. The first-order valence-corrected chi connectivity index (χ1v) is 14.5. The zero-order chi connectivity index (χ0) is 28.6. The molecular formula is C32H40FN5O3. The number of aromatic nitrogens is 1. The van der Waals surface area contributed by atoms with Gasteiger partial charge in [0, 0.05) is 48.9 Å². The fourth-order valence-corrected chi connectivity index (χ4v) is 5.98. The van der Waals surface area contributed by atoms with Gasteiger partial charge in [-0.1, -0.05) is 12.0 Å². The number of carbonyl (C=O) groups excluding carboxylic acids is 1. The maximum atomic E-state index is 13.6. The summed E-state index contributed by atoms with van der Waals surface area (Å²) < 4.78 is 26.5. The van der Waals surface area contributed by atoms with Gasteiger partial charge in [0.05, 0.1) is 50.3 Å². The number of hydrogen-bond donors (Lipinski definition) is 3. The van der Waals surface area contributed by atoms with E-state index in [4.69, 9.17) is 9.47 Å². The van der Waals surface area contributed by atoms with Crippen LogP contribution in [0.2, 0.25) is 0 Å². The van der Waals surface area contributed by atoms with E-state index >= 15 is 0 Å². The van der Waals surface area contributed by atoms with Crippen LogP contribution in [0.4, 0.5) is 15.8 Å². The van der Waals surface area contributed by atoms with Gasteiger partial charge in [0.2, 0.25) is 0 Å². The molecule has 41 heavy (non-hydrogen) atoms. The Morgan fingerprint density at radius 2 is 1.90 bits per heavy atom. The molecule has 1 aromatic heterocycles. The molecule has 0 atom stereocenters. The van der Waals surface area contributed by atoms with Crippen LogP contribution >= 0.6 is 0 Å². The van der Waals surface area contributed by atoms with Gasteiger partial charge in [0.15, 0.2) is 0 Å². The van der Waals surface area contributed by atoms with Crippen molar-refractivity contribution in [2.75, 3.05) is 64.3 Å². The highest BCUT2D eigenvalue weighted by Crippen LogP contribution is 2.31. The second-order valence-corrected chi connectivity index (χ2v) is 10.6. The van der Waals surface area contributed by atoms with Gasteiger partial charge in [0.25, 0.3) is 5.91 Å². The van der Waals surface area contributed by atoms with Crippen LogP contribution in [0, 0.1) is 11.8 Å². The molecule has 1 amide bonds. The molecule has 2 aliphatic rings. The van der Waals surface area contributed by atoms with Gasteiger partial charge < -0.3 is 30.0 Å². The number of hydrogen-bond acceptors (Lipinski definition) is 6. The molecule has 1 aliphatic heterocycles. The van der Waals surface area contributed by atoms with E-state index in [1.54, 1.807) is 32.4 Å². The number of halogens is 1. The molecule has 3 N–H and O–H groups in total. The van der Waals surface area contributed by atoms with Crippen molar-refractivity contribution in [2.24, 2.45) is 0 Å². The number of anilines is 2. The molecule has 1 saturated heterocycles. The lowest BCUT2D eigenvalue weighted by Crippen LogP contribution is -2.46. The predicted molar refractivity (Wildman–Crippen MR) is 162 cm³/mol. The highest BCUT2D eigenvalue weighted by atomic mass is 19.1. The first kappa shape index (κ1) is 28.8. The van der Waals surface area contributed by atoms with Crippen molar-refractivity contribution >= 4 is 28.2 Å². The normalized spacial score (nSPS) is 19.3. The van der Waals surface area contributed by atoms with Crippen LogP contribution in [0.15, 0.2) is 42.5 Å². The highest BCUT2D eigenvalue weighted by molar-refractivity contribution is 5.95. The largest absolute Gasteiger partial charge is 0.495 e. The molecular weight excluding hydrogens is 521 g/mol. The van der Waals surface area contributed by atoms with Crippen LogP contribution in [-0.4, -0.2) is 81.1 Å². The quantitative estimate of drug-likeness (QED) is 0.334. The summed E-state index contributed by atoms with van der Waals surface area (Å²) in [6.07, 6.45) is 4.66. The Morgan fingerprint density at radius 3 is 2.63 bits per heavy atom. The summed E-state index contributed by atoms with van der Waals surface area (Å²) in [5.41, 5.74) is 4.11. The maximum absolute atomic E-state index is 13.6. The molecule has 218 valence electrons. The van der Waals surface area contributed by atoms with Crippen LogP contribution in [0.3, 0.4) is 0 Å². The van der Waals surface area contributed by atoms with Crippen LogP contribution < -0.4 is 20.7 Å². The Labute approximate surface area is 241 Å². The standard InChI is InChI=1S/C32H40FN5O3/c1-34-32(39)23-8-13-29(31(21-23)40-2)35-15-4-5-26-22-27-28(6-3-7-30(27)38(26)16-14-33)36-24-9-11-25(12-10-24)37-17-19-41-20-18-37/h3,6-8,13,21-22,24-25,35-36H,9-12,14-20H2,1-2H3,(H,34,39). The fourth-order valence-electron chi connectivity index (χ4n) is 5.98. The van der Waals surface area contributed by atoms with Crippen molar-refractivity contribution in [1.29, 1.82) is 0 Å². The number of fused-ring (bicyclic) bond motifs is 1. The summed E-state index contributed by atoms with van der Waals surface area (Å²) in [4.78, 5) is 14.5. The third-order valence-corrected chi connectivity index (χ3v) is 8.15. The average Bonchev–Trinajstić information content (AvgIpc) is 3.38. The molecule has 2 fully saturated rings. The highest BCUT2D eigenvalue weighted by Gasteiger charge is 2.27. The molecule has 2 aromatic carbocycles. The maximum Gasteiger partial charge on any atom is 0.251 e. The molecule has 0 radical (unpaired) electrons. The summed E-state index contributed by atoms with van der Waals surface area (Å²) in [5.74, 6) is 6.80. The predicted octanol–water partition coefficient (Wildman–Crippen LogP) is 4.50. The van der Waals surface area contributed by atoms with Crippen molar-refractivity contribution in [1.82, 2.24) is 14.8 Å². The van der Waals surface area contributed by atoms with E-state index in [9.17, 15) is 9.18 Å². The number of rotatable bonds is 9. The van der Waals surface area contributed by atoms with Crippen molar-refractivity contribution in [3.8, 4) is 17.6 Å². The molecule has 8 nitrogen and oxygen atoms in total. The Morgan fingerprint density at radius 1 is 1.10 bits per heavy atom. The number of ether oxygens (including phenoxy) is 2. The minimum absolute atomic E-state index is 0.176. The first-order chi connectivity index (χ1) is 20.1. The molecule has 9 heteroatoms. The van der Waals surface area contributed by atoms with E-state index in [2.05, 4.69) is 44.8 Å². The van der Waals surface area contributed by atoms with Crippen molar-refractivity contribution in [3.05, 3.63) is 53.7 Å². The summed E-state index contributed by atoms with van der Waals surface area (Å²) in [6.45, 7) is 3.93. The van der Waals surface area contributed by atoms with E-state index in [1.165, 1.54) is 12.8 Å². The summed E-state index contributed by atoms with van der Waals surface area (Å²) >= 11 is 0. The van der Waals surface area contributed by atoms with Gasteiger partial charge in [-0.25, -0.2) is 4.39 Å². The fraction of sp³-hybridized carbons (Fsp3) is 0.469. The zero-order valence-corrected chi connectivity index (χ0v) is 24.0. The molecule has 0 spiro atoms. The van der Waals surface area contributed by atoms with E-state index in [-0.39, 0.29) is 12.5 Å². The number of methoxy groups -OCH3 is 1. The van der Waals surface area contributed by atoms with Crippen LogP contribution in [-0.2, 0) is 11.3 Å². The minimum atomic E-state index is -0.463. The molecule has 2 heterocycles. The van der Waals surface area contributed by atoms with E-state index in [0.717, 1.165) is 67.1 Å². The molecule has 1 aliphatic carbocycles. The second kappa shape index (κ2) is 13.7. The Bertz CT molecular complexity index is 1400. The minimum Gasteiger partial charge on any atom is -0.495 e. The van der Waals surface area contributed by atoms with Gasteiger partial charge >= 0.3 is 0 Å². The number of nitrogens with one attached hydrogen (secondary N) is 3. The van der Waals surface area contributed by atoms with Gasteiger partial charge in [-0.2, -0.15) is 0 Å². The Kier molecular flexibility index (Phi) is 9.65. The van der Waals surface area contributed by atoms with E-state index in [1.807, 2.05) is 16.7 Å². The van der Waals surface area contributed by atoms with E-state index in [0.29, 0.717) is 29.9 Å². The number of benzene rings is 2. The summed E-state index contributed by atoms with van der Waals surface area (Å²) in [6, 6.07) is 14.6. The Balaban J connectivity index is 1.27. The summed E-state index contributed by atoms with van der Waals surface area (Å²) in [5, 5.41) is 10.7. The lowest BCUT2D eigenvalue weighted by atomic mass is 9.89. The van der Waals surface area contributed by atoms with Crippen molar-refractivity contribution in [2.45, 2.75) is 44.3 Å². The number of morpholine rings is 1. The first-order valence-electron chi connectivity index (χ1n) is 14.5. The molecule has 0 unspecified atom stereocenters. The number of alkyl halides is 1. The van der Waals surface area contributed by atoms with Gasteiger partial charge in [-0.3, -0.25) is 9.69 Å². The van der Waals surface area contributed by atoms with Crippen LogP contribution in [0.25, 0.3) is 10.9 Å². The van der Waals surface area contributed by atoms with Gasteiger partial charge in [-0.15, -0.1) is 0 Å². The molecule has 1 saturated carbocycles. The third-order valence-electron chi connectivity index (χ3n) is 8.15. The van der Waals surface area contributed by atoms with Crippen molar-refractivity contribution < 1.29 is 18.7 Å². The molecule has 3 aromatic rings. The third kappa shape index (κ3) is 6.77. The summed E-state index contributed by atoms with van der Waals surface area (Å²) in [7, 11) is 3.16. The van der Waals surface area contributed by atoms with Crippen LogP contribution in [0.1, 0.15) is 41.7 Å². The second-order valence-electron chi connectivity index (χ2n) is 10.6. The number of nitrogens with zero attached hydrogens (tertiary/aromatic N) is 2. The average molecular weight is 562 g/mol. The lowest BCUT2D eigenvalue weighted by molar-refractivity contribution is 0.00791. The zero-order valence-electron chi connectivity index (χ0n) is 24.0. The Hall–Kier alpha value is -3.74. The van der Waals surface area contributed by atoms with Crippen molar-refractivity contribution in [3.63, 3.8) is 0 Å². The molecule has 5 rings (SSSR count). The van der Waals surface area contributed by atoms with Gasteiger partial charge in [0.1, 0.15) is 12.4 Å². The SMILES string of the molecule is CNC(=O)c1ccc(NCC#Cc2cc3c(NC4CCC(N5CCOCC5)CC4)cccc3n2CCF)c(OC)c1.